The number of rotatable bonds is 15. The van der Waals surface area contributed by atoms with Crippen molar-refractivity contribution in [2.45, 2.75) is 80.1 Å². The third-order valence-corrected chi connectivity index (χ3v) is 26.5. The van der Waals surface area contributed by atoms with Gasteiger partial charge in [-0.1, -0.05) is 166 Å². The lowest BCUT2D eigenvalue weighted by atomic mass is 10.0. The Morgan fingerprint density at radius 2 is 0.600 bits per heavy atom. The summed E-state index contributed by atoms with van der Waals surface area (Å²) in [6.07, 6.45) is 8.50. The molecule has 0 radical (unpaired) electrons. The molecule has 27 nitrogen and oxygen atoms in total. The van der Waals surface area contributed by atoms with Crippen molar-refractivity contribution in [3.05, 3.63) is 255 Å². The van der Waals surface area contributed by atoms with Crippen LogP contribution < -0.4 is 48.6 Å². The van der Waals surface area contributed by atoms with E-state index in [2.05, 4.69) is 67.8 Å². The predicted molar refractivity (Wildman–Crippen MR) is 517 cm³/mol. The Kier molecular flexibility index (Phi) is 29.6. The van der Waals surface area contributed by atoms with E-state index in [1.807, 2.05) is 41.5 Å². The fourth-order valence-electron chi connectivity index (χ4n) is 16.5. The molecule has 0 bridgehead atoms. The van der Waals surface area contributed by atoms with Crippen LogP contribution in [-0.4, -0.2) is 155 Å². The van der Waals surface area contributed by atoms with Crippen LogP contribution in [0.2, 0.25) is 45.2 Å². The Hall–Kier alpha value is -12.7. The molecule has 3 aliphatic rings. The smallest absolute Gasteiger partial charge is 0.276 e. The van der Waals surface area contributed by atoms with Crippen molar-refractivity contribution in [3.8, 4) is 69.0 Å². The fraction of sp³-hybridized carbons (Fsp3) is 0.258. The summed E-state index contributed by atoms with van der Waals surface area (Å²) in [5, 5.41) is 28.2. The van der Waals surface area contributed by atoms with Gasteiger partial charge >= 0.3 is 0 Å². The molecule has 0 saturated carbocycles. The van der Waals surface area contributed by atoms with Crippen LogP contribution in [0.1, 0.15) is 110 Å². The van der Waals surface area contributed by atoms with E-state index in [1.54, 1.807) is 87.0 Å². The van der Waals surface area contributed by atoms with Crippen LogP contribution in [0.3, 0.4) is 0 Å². The maximum absolute atomic E-state index is 15.6. The van der Waals surface area contributed by atoms with E-state index in [0.29, 0.717) is 106 Å². The van der Waals surface area contributed by atoms with Crippen LogP contribution in [0, 0.1) is 89.7 Å². The van der Waals surface area contributed by atoms with Gasteiger partial charge in [0.25, 0.3) is 16.7 Å². The quantitative estimate of drug-likeness (QED) is 0.0282. The van der Waals surface area contributed by atoms with Gasteiger partial charge in [0.1, 0.15) is 68.9 Å². The third kappa shape index (κ3) is 17.8. The fourth-order valence-corrected chi connectivity index (χ4v) is 18.6. The lowest BCUT2D eigenvalue weighted by molar-refractivity contribution is -0.127. The molecule has 0 atom stereocenters. The van der Waals surface area contributed by atoms with E-state index in [9.17, 15) is 57.7 Å². The zero-order valence-electron chi connectivity index (χ0n) is 73.2. The van der Waals surface area contributed by atoms with E-state index in [1.165, 1.54) is 50.1 Å². The molecule has 15 rings (SSSR count). The molecule has 3 fully saturated rings. The number of nitrogens with zero attached hydrogens (tertiary/aromatic N) is 18. The molecular formula is C93H78Cl9F6N21O6. The van der Waals surface area contributed by atoms with Gasteiger partial charge in [-0.05, 0) is 110 Å². The van der Waals surface area contributed by atoms with Crippen molar-refractivity contribution < 1.29 is 40.7 Å². The highest BCUT2D eigenvalue weighted by Crippen LogP contribution is 2.50. The number of carbonyl (C=O) groups excluding carboxylic acids is 3. The molecule has 42 heteroatoms. The number of fused-ring (bicyclic) bond motifs is 3. The van der Waals surface area contributed by atoms with Crippen LogP contribution >= 0.6 is 104 Å². The standard InChI is InChI=1S/3C31H26Cl3F2N7O2/c3*1-5-19(44)41-8-10-42(11-9-41)29-16-12-18(32)27(20-21(33)22(34)24(36)25(38)23(20)35)40-30(16)43(31(45)17(29)13-37)28-15(4)6-7-39-26(28)14(2)3/h3*5-7,12,14H,1,8-11,38H2,2-4H3. The van der Waals surface area contributed by atoms with Crippen molar-refractivity contribution in [3.63, 3.8) is 0 Å². The van der Waals surface area contributed by atoms with Crippen molar-refractivity contribution in [2.24, 2.45) is 0 Å². The highest BCUT2D eigenvalue weighted by molar-refractivity contribution is 6.46. The monoisotopic (exact) mass is 2010 g/mol. The molecule has 6 N–H and O–H groups in total. The van der Waals surface area contributed by atoms with Gasteiger partial charge in [0, 0.05) is 113 Å². The Bertz CT molecular complexity index is 6650. The van der Waals surface area contributed by atoms with Gasteiger partial charge in [-0.25, -0.2) is 41.3 Å². The van der Waals surface area contributed by atoms with E-state index < -0.39 is 115 Å². The number of aryl methyl sites for hydroxylation is 3. The van der Waals surface area contributed by atoms with Crippen molar-refractivity contribution in [1.29, 1.82) is 15.8 Å². The van der Waals surface area contributed by atoms with E-state index >= 15 is 13.2 Å². The number of aromatic nitrogens is 9. The summed E-state index contributed by atoms with van der Waals surface area (Å²) in [7, 11) is 0. The minimum absolute atomic E-state index is 0.00508. The van der Waals surface area contributed by atoms with Gasteiger partial charge in [0.15, 0.2) is 34.9 Å². The summed E-state index contributed by atoms with van der Waals surface area (Å²) >= 11 is 57.4. The summed E-state index contributed by atoms with van der Waals surface area (Å²) in [6, 6.07) is 15.6. The average molecular weight is 2020 g/mol. The molecule has 0 unspecified atom stereocenters. The number of hydrogen-bond donors (Lipinski definition) is 3. The van der Waals surface area contributed by atoms with Gasteiger partial charge in [-0.3, -0.25) is 57.4 Å². The highest BCUT2D eigenvalue weighted by atomic mass is 35.5. The average Bonchev–Trinajstić information content (AvgIpc) is 0.728. The number of halogens is 15. The SMILES string of the molecule is C=CC(=O)N1CCN(c2c(C#N)c(=O)n(-c3c(C)ccnc3C(C)C)c3nc(-c4c(F)c(N)c(F)c(Cl)c4Cl)c(Cl)cc23)CC1.C=CC(=O)N1CCN(c2c(C#N)c(=O)n(-c3c(C)ccnc3C(C)C)c3nc(-c4c(F)c(N)c(F)c(Cl)c4Cl)c(Cl)cc23)CC1.C=CC(=O)N1CCN(c2c(C#N)c(=O)n(-c3c(C)ccnc3C(C)C)c3nc(-c4c(F)c(N)c(F)c(Cl)c4Cl)c(Cl)cc23)CC1. The summed E-state index contributed by atoms with van der Waals surface area (Å²) in [4.78, 5) is 118. The lowest BCUT2D eigenvalue weighted by Gasteiger charge is -2.36. The zero-order chi connectivity index (χ0) is 98.7. The first-order chi connectivity index (χ1) is 64.0. The maximum Gasteiger partial charge on any atom is 0.276 e. The summed E-state index contributed by atoms with van der Waals surface area (Å²) < 4.78 is 93.9. The molecule has 135 heavy (non-hydrogen) atoms. The molecule has 3 aromatic carbocycles. The number of benzene rings is 3. The number of piperazine rings is 3. The second-order valence-electron chi connectivity index (χ2n) is 32.2. The van der Waals surface area contributed by atoms with E-state index in [-0.39, 0.29) is 158 Å². The first-order valence-corrected chi connectivity index (χ1v) is 44.7. The van der Waals surface area contributed by atoms with Crippen molar-refractivity contribution in [1.82, 2.24) is 58.3 Å². The van der Waals surface area contributed by atoms with Crippen molar-refractivity contribution >= 4 is 189 Å². The second kappa shape index (κ2) is 40.1. The number of hydrogen-bond acceptors (Lipinski definition) is 21. The van der Waals surface area contributed by atoms with Crippen molar-refractivity contribution in [2.75, 3.05) is 110 Å². The lowest BCUT2D eigenvalue weighted by Crippen LogP contribution is -2.49. The predicted octanol–water partition coefficient (Wildman–Crippen LogP) is 19.2. The van der Waals surface area contributed by atoms with Crippen LogP contribution in [0.5, 0.6) is 0 Å². The molecule has 3 amide bonds. The molecule has 3 saturated heterocycles. The Balaban J connectivity index is 0.000000171. The number of pyridine rings is 9. The maximum atomic E-state index is 15.6. The number of nitrogens with two attached hydrogens (primary N) is 3. The van der Waals surface area contributed by atoms with Gasteiger partial charge < -0.3 is 46.6 Å². The minimum atomic E-state index is -1.24. The number of carbonyl (C=O) groups is 3. The number of anilines is 6. The van der Waals surface area contributed by atoms with Crippen LogP contribution in [-0.2, 0) is 14.4 Å². The Morgan fingerprint density at radius 1 is 0.378 bits per heavy atom. The molecule has 12 aromatic rings. The van der Waals surface area contributed by atoms with E-state index in [4.69, 9.17) is 122 Å². The minimum Gasteiger partial charge on any atom is -0.394 e. The van der Waals surface area contributed by atoms with Crippen LogP contribution in [0.4, 0.5) is 60.5 Å². The van der Waals surface area contributed by atoms with Gasteiger partial charge in [-0.2, -0.15) is 15.8 Å². The first kappa shape index (κ1) is 99.7. The van der Waals surface area contributed by atoms with Gasteiger partial charge in [0.05, 0.1) is 130 Å². The molecule has 12 heterocycles. The second-order valence-corrected chi connectivity index (χ2v) is 35.7. The highest BCUT2D eigenvalue weighted by Gasteiger charge is 2.38. The first-order valence-electron chi connectivity index (χ1n) is 41.3. The molecule has 696 valence electrons. The Labute approximate surface area is 812 Å². The molecule has 3 aliphatic heterocycles. The molecule has 9 aromatic heterocycles. The Morgan fingerprint density at radius 3 is 0.800 bits per heavy atom. The number of nitriles is 3. The largest absolute Gasteiger partial charge is 0.394 e. The van der Waals surface area contributed by atoms with Gasteiger partial charge in [0.2, 0.25) is 17.7 Å². The number of nitrogen functional groups attached to an aromatic ring is 3. The van der Waals surface area contributed by atoms with Crippen LogP contribution in [0.25, 0.3) is 83.9 Å². The normalized spacial score (nSPS) is 13.4. The molecule has 0 aliphatic carbocycles. The summed E-state index contributed by atoms with van der Waals surface area (Å²) in [6.45, 7) is 30.8. The summed E-state index contributed by atoms with van der Waals surface area (Å²) in [5.74, 6) is -8.60. The summed E-state index contributed by atoms with van der Waals surface area (Å²) in [5.41, 5.74) is 15.1. The number of amides is 3. The molecule has 0 spiro atoms. The zero-order valence-corrected chi connectivity index (χ0v) is 80.0. The van der Waals surface area contributed by atoms with Gasteiger partial charge in [-0.15, -0.1) is 0 Å². The third-order valence-electron chi connectivity index (χ3n) is 23.2. The van der Waals surface area contributed by atoms with Crippen LogP contribution in [0.15, 0.2) is 107 Å². The topological polar surface area (TPSA) is 363 Å². The van der Waals surface area contributed by atoms with E-state index in [0.717, 1.165) is 0 Å². The molecular weight excluding hydrogens is 1940 g/mol.